The molecule has 0 radical (unpaired) electrons. The molecular formula is C19H21N3O4. The monoisotopic (exact) mass is 355 g/mol. The number of aromatic hydroxyl groups is 1. The van der Waals surface area contributed by atoms with Crippen LogP contribution in [0.3, 0.4) is 0 Å². The molecule has 1 aliphatic rings. The molecule has 0 spiro atoms. The summed E-state index contributed by atoms with van der Waals surface area (Å²) in [5.74, 6) is 0.780. The van der Waals surface area contributed by atoms with E-state index in [-0.39, 0.29) is 24.5 Å². The van der Waals surface area contributed by atoms with Crippen molar-refractivity contribution in [1.29, 1.82) is 0 Å². The quantitative estimate of drug-likeness (QED) is 0.850. The van der Waals surface area contributed by atoms with E-state index in [2.05, 4.69) is 5.73 Å². The van der Waals surface area contributed by atoms with Gasteiger partial charge in [-0.15, -0.1) is 0 Å². The van der Waals surface area contributed by atoms with Crippen LogP contribution in [0.25, 0.3) is 6.08 Å². The third kappa shape index (κ3) is 2.72. The summed E-state index contributed by atoms with van der Waals surface area (Å²) in [6.07, 6.45) is 1.37. The maximum Gasteiger partial charge on any atom is 0.333 e. The van der Waals surface area contributed by atoms with Crippen molar-refractivity contribution in [3.63, 3.8) is 0 Å². The first kappa shape index (κ1) is 17.6. The van der Waals surface area contributed by atoms with E-state index in [0.717, 1.165) is 14.8 Å². The van der Waals surface area contributed by atoms with Gasteiger partial charge in [-0.2, -0.15) is 0 Å². The lowest BCUT2D eigenvalue weighted by Crippen LogP contribution is -2.40. The Morgan fingerprint density at radius 3 is 2.42 bits per heavy atom. The minimum atomic E-state index is -0.550. The number of para-hydroxylation sites is 2. The van der Waals surface area contributed by atoms with Gasteiger partial charge in [0.2, 0.25) is 11.8 Å². The summed E-state index contributed by atoms with van der Waals surface area (Å²) in [4.78, 5) is 26.7. The van der Waals surface area contributed by atoms with Crippen molar-refractivity contribution in [2.24, 2.45) is 0 Å². The summed E-state index contributed by atoms with van der Waals surface area (Å²) in [5.41, 5.74) is 2.81. The van der Waals surface area contributed by atoms with E-state index in [1.54, 1.807) is 13.8 Å². The van der Waals surface area contributed by atoms with Crippen LogP contribution < -0.4 is 20.9 Å². The maximum absolute atomic E-state index is 12.5. The molecule has 1 aromatic carbocycles. The van der Waals surface area contributed by atoms with Crippen molar-refractivity contribution >= 4 is 11.8 Å². The molecule has 3 rings (SSSR count). The molecule has 7 heteroatoms. The summed E-state index contributed by atoms with van der Waals surface area (Å²) >= 11 is 0. The number of nitrogens with zero attached hydrogens (tertiary/aromatic N) is 3. The Labute approximate surface area is 150 Å². The normalized spacial score (nSPS) is 12.6. The number of benzene rings is 1. The van der Waals surface area contributed by atoms with Gasteiger partial charge >= 0.3 is 5.69 Å². The second-order valence-corrected chi connectivity index (χ2v) is 5.72. The Hall–Kier alpha value is -3.18. The summed E-state index contributed by atoms with van der Waals surface area (Å²) < 4.78 is 8.03. The van der Waals surface area contributed by atoms with E-state index >= 15 is 0 Å². The summed E-state index contributed by atoms with van der Waals surface area (Å²) in [7, 11) is 0. The molecule has 0 aliphatic carbocycles. The Kier molecular flexibility index (Phi) is 4.73. The summed E-state index contributed by atoms with van der Waals surface area (Å²) in [6.45, 7) is 6.55. The molecular weight excluding hydrogens is 334 g/mol. The van der Waals surface area contributed by atoms with E-state index in [1.807, 2.05) is 36.1 Å². The number of hydrogen-bond acceptors (Lipinski definition) is 5. The zero-order valence-electron chi connectivity index (χ0n) is 15.0. The molecule has 0 saturated carbocycles. The number of anilines is 1. The van der Waals surface area contributed by atoms with Gasteiger partial charge in [0.25, 0.3) is 5.56 Å². The number of hydrogen-bond donors (Lipinski definition) is 1. The average molecular weight is 355 g/mol. The van der Waals surface area contributed by atoms with Gasteiger partial charge in [-0.25, -0.2) is 4.79 Å². The lowest BCUT2D eigenvalue weighted by molar-refractivity contribution is 0.393. The molecule has 0 bridgehead atoms. The van der Waals surface area contributed by atoms with Crippen molar-refractivity contribution in [2.45, 2.75) is 33.9 Å². The van der Waals surface area contributed by atoms with Gasteiger partial charge in [0, 0.05) is 25.7 Å². The van der Waals surface area contributed by atoms with Gasteiger partial charge in [0.1, 0.15) is 5.56 Å². The Bertz CT molecular complexity index is 1030. The SMILES string of the molecule is CCN1C(=C=Cc2c(O)n(CC)c(=O)n(CC)c2=O)Oc2ccccc21. The molecule has 0 atom stereocenters. The van der Waals surface area contributed by atoms with Crippen LogP contribution in [0.1, 0.15) is 26.3 Å². The van der Waals surface area contributed by atoms with E-state index < -0.39 is 11.2 Å². The Morgan fingerprint density at radius 2 is 1.77 bits per heavy atom. The smallest absolute Gasteiger partial charge is 0.333 e. The third-order valence-corrected chi connectivity index (χ3v) is 4.33. The predicted molar refractivity (Wildman–Crippen MR) is 99.6 cm³/mol. The second kappa shape index (κ2) is 6.98. The van der Waals surface area contributed by atoms with E-state index in [9.17, 15) is 14.7 Å². The highest BCUT2D eigenvalue weighted by Crippen LogP contribution is 2.37. The van der Waals surface area contributed by atoms with Crippen LogP contribution in [0, 0.1) is 0 Å². The topological polar surface area (TPSA) is 76.7 Å². The lowest BCUT2D eigenvalue weighted by atomic mass is 10.2. The first-order valence-corrected chi connectivity index (χ1v) is 8.61. The zero-order valence-corrected chi connectivity index (χ0v) is 15.0. The largest absolute Gasteiger partial charge is 0.494 e. The molecule has 0 saturated heterocycles. The second-order valence-electron chi connectivity index (χ2n) is 5.72. The Balaban J connectivity index is 2.17. The van der Waals surface area contributed by atoms with Crippen molar-refractivity contribution in [3.8, 4) is 11.6 Å². The summed E-state index contributed by atoms with van der Waals surface area (Å²) in [5, 5.41) is 10.4. The van der Waals surface area contributed by atoms with Crippen LogP contribution in [0.15, 0.2) is 45.5 Å². The molecule has 1 aromatic heterocycles. The lowest BCUT2D eigenvalue weighted by Gasteiger charge is -2.13. The van der Waals surface area contributed by atoms with Gasteiger partial charge in [0.05, 0.1) is 5.69 Å². The van der Waals surface area contributed by atoms with E-state index in [0.29, 0.717) is 18.2 Å². The van der Waals surface area contributed by atoms with E-state index in [4.69, 9.17) is 4.74 Å². The van der Waals surface area contributed by atoms with Gasteiger partial charge < -0.3 is 14.7 Å². The molecule has 2 heterocycles. The predicted octanol–water partition coefficient (Wildman–Crippen LogP) is 2.13. The molecule has 2 aromatic rings. The molecule has 0 fully saturated rings. The first-order chi connectivity index (χ1) is 12.5. The highest BCUT2D eigenvalue weighted by molar-refractivity contribution is 5.67. The highest BCUT2D eigenvalue weighted by Gasteiger charge is 2.24. The summed E-state index contributed by atoms with van der Waals surface area (Å²) in [6, 6.07) is 7.58. The number of aromatic nitrogens is 2. The molecule has 26 heavy (non-hydrogen) atoms. The van der Waals surface area contributed by atoms with Crippen LogP contribution in [-0.2, 0) is 13.1 Å². The first-order valence-electron chi connectivity index (χ1n) is 8.61. The maximum atomic E-state index is 12.5. The van der Waals surface area contributed by atoms with Gasteiger partial charge in [-0.3, -0.25) is 13.9 Å². The number of fused-ring (bicyclic) bond motifs is 1. The standard InChI is InChI=1S/C19H21N3O4/c1-4-20-14-9-7-8-10-15(14)26-16(20)12-11-13-17(23)21(5-2)19(25)22(6-3)18(13)24/h7-11,23H,4-6H2,1-3H3. The zero-order chi connectivity index (χ0) is 18.8. The highest BCUT2D eigenvalue weighted by atomic mass is 16.5. The molecule has 0 amide bonds. The average Bonchev–Trinajstić information content (AvgIpc) is 2.99. The Morgan fingerprint density at radius 1 is 1.08 bits per heavy atom. The van der Waals surface area contributed by atoms with Crippen LogP contribution in [-0.4, -0.2) is 20.8 Å². The minimum absolute atomic E-state index is 0.0106. The van der Waals surface area contributed by atoms with Gasteiger partial charge in [-0.1, -0.05) is 17.9 Å². The van der Waals surface area contributed by atoms with Crippen molar-refractivity contribution in [1.82, 2.24) is 9.13 Å². The van der Waals surface area contributed by atoms with Crippen LogP contribution in [0.4, 0.5) is 5.69 Å². The minimum Gasteiger partial charge on any atom is -0.494 e. The van der Waals surface area contributed by atoms with Gasteiger partial charge in [-0.05, 0) is 32.9 Å². The van der Waals surface area contributed by atoms with Crippen LogP contribution >= 0.6 is 0 Å². The molecule has 136 valence electrons. The molecule has 7 nitrogen and oxygen atoms in total. The van der Waals surface area contributed by atoms with Crippen molar-refractivity contribution < 1.29 is 9.84 Å². The molecule has 1 aliphatic heterocycles. The number of ether oxygens (including phenoxy) is 1. The fourth-order valence-corrected chi connectivity index (χ4v) is 2.99. The van der Waals surface area contributed by atoms with E-state index in [1.165, 1.54) is 6.08 Å². The van der Waals surface area contributed by atoms with Crippen LogP contribution in [0.5, 0.6) is 11.6 Å². The van der Waals surface area contributed by atoms with Gasteiger partial charge in [0.15, 0.2) is 5.75 Å². The fraction of sp³-hybridized carbons (Fsp3) is 0.316. The van der Waals surface area contributed by atoms with Crippen molar-refractivity contribution in [2.75, 3.05) is 11.4 Å². The molecule has 0 unspecified atom stereocenters. The molecule has 1 N–H and O–H groups in total. The fourth-order valence-electron chi connectivity index (χ4n) is 2.99. The third-order valence-electron chi connectivity index (χ3n) is 4.33. The number of rotatable bonds is 4. The van der Waals surface area contributed by atoms with Crippen LogP contribution in [0.2, 0.25) is 0 Å². The van der Waals surface area contributed by atoms with Crippen molar-refractivity contribution in [3.05, 3.63) is 62.3 Å².